The molecule has 0 aliphatic heterocycles. The lowest BCUT2D eigenvalue weighted by molar-refractivity contribution is -0.139. The van der Waals surface area contributed by atoms with Crippen LogP contribution in [0.3, 0.4) is 0 Å². The molecule has 0 spiro atoms. The van der Waals surface area contributed by atoms with Gasteiger partial charge in [-0.25, -0.2) is 8.78 Å². The Morgan fingerprint density at radius 1 is 1.00 bits per heavy atom. The molecule has 108 valence electrons. The number of benzene rings is 1. The molecule has 0 aromatic heterocycles. The molecule has 3 amide bonds. The normalized spacial score (nSPS) is 10.1. The van der Waals surface area contributed by atoms with Crippen LogP contribution in [-0.2, 0) is 9.59 Å². The highest BCUT2D eigenvalue weighted by molar-refractivity contribution is 6.35. The van der Waals surface area contributed by atoms with Gasteiger partial charge in [0.25, 0.3) is 5.91 Å². The lowest BCUT2D eigenvalue weighted by Gasteiger charge is -2.09. The minimum absolute atomic E-state index is 0.200. The summed E-state index contributed by atoms with van der Waals surface area (Å²) in [7, 11) is 0. The van der Waals surface area contributed by atoms with Gasteiger partial charge in [0.2, 0.25) is 0 Å². The Hall–Kier alpha value is -2.51. The molecule has 1 aromatic carbocycles. The van der Waals surface area contributed by atoms with E-state index >= 15 is 0 Å². The van der Waals surface area contributed by atoms with E-state index in [2.05, 4.69) is 5.32 Å². The van der Waals surface area contributed by atoms with E-state index in [4.69, 9.17) is 0 Å². The number of carbonyl (C=O) groups excluding carboxylic acids is 3. The largest absolute Gasteiger partial charge is 0.346 e. The quantitative estimate of drug-likeness (QED) is 0.537. The van der Waals surface area contributed by atoms with Crippen molar-refractivity contribution in [3.63, 3.8) is 0 Å². The SMILES string of the molecule is CC(C)NC(=O)C(=O)NNC(=O)c1ccc(F)c(F)c1. The summed E-state index contributed by atoms with van der Waals surface area (Å²) in [4.78, 5) is 34.0. The molecule has 3 N–H and O–H groups in total. The summed E-state index contributed by atoms with van der Waals surface area (Å²) < 4.78 is 25.6. The van der Waals surface area contributed by atoms with E-state index in [0.717, 1.165) is 12.1 Å². The number of halogens is 2. The number of hydrogen-bond donors (Lipinski definition) is 3. The fraction of sp³-hybridized carbons (Fsp3) is 0.250. The molecule has 1 aromatic rings. The van der Waals surface area contributed by atoms with Crippen LogP contribution in [0.1, 0.15) is 24.2 Å². The first kappa shape index (κ1) is 15.5. The lowest BCUT2D eigenvalue weighted by atomic mass is 10.2. The summed E-state index contributed by atoms with van der Waals surface area (Å²) in [5, 5.41) is 2.31. The molecular weight excluding hydrogens is 272 g/mol. The molecule has 20 heavy (non-hydrogen) atoms. The monoisotopic (exact) mass is 285 g/mol. The molecule has 0 bridgehead atoms. The molecule has 0 heterocycles. The number of rotatable bonds is 2. The highest BCUT2D eigenvalue weighted by Gasteiger charge is 2.16. The van der Waals surface area contributed by atoms with E-state index in [1.807, 2.05) is 10.9 Å². The first-order valence-electron chi connectivity index (χ1n) is 5.67. The average molecular weight is 285 g/mol. The maximum Gasteiger partial charge on any atom is 0.327 e. The Balaban J connectivity index is 2.57. The van der Waals surface area contributed by atoms with Crippen molar-refractivity contribution < 1.29 is 23.2 Å². The minimum Gasteiger partial charge on any atom is -0.346 e. The molecule has 0 saturated heterocycles. The van der Waals surface area contributed by atoms with Gasteiger partial charge in [-0.3, -0.25) is 25.2 Å². The summed E-state index contributed by atoms with van der Waals surface area (Å²) in [6.45, 7) is 3.32. The van der Waals surface area contributed by atoms with Crippen LogP contribution in [0.4, 0.5) is 8.78 Å². The molecule has 8 heteroatoms. The van der Waals surface area contributed by atoms with Crippen LogP contribution in [0.15, 0.2) is 18.2 Å². The first-order valence-corrected chi connectivity index (χ1v) is 5.67. The average Bonchev–Trinajstić information content (AvgIpc) is 2.37. The molecule has 0 unspecified atom stereocenters. The summed E-state index contributed by atoms with van der Waals surface area (Å²) in [5.41, 5.74) is 3.56. The van der Waals surface area contributed by atoms with Gasteiger partial charge in [-0.1, -0.05) is 0 Å². The van der Waals surface area contributed by atoms with E-state index in [9.17, 15) is 23.2 Å². The second-order valence-corrected chi connectivity index (χ2v) is 4.17. The van der Waals surface area contributed by atoms with Gasteiger partial charge in [0.15, 0.2) is 11.6 Å². The van der Waals surface area contributed by atoms with Gasteiger partial charge < -0.3 is 5.32 Å². The van der Waals surface area contributed by atoms with E-state index < -0.39 is 29.4 Å². The Labute approximate surface area is 113 Å². The smallest absolute Gasteiger partial charge is 0.327 e. The topological polar surface area (TPSA) is 87.3 Å². The van der Waals surface area contributed by atoms with Crippen LogP contribution in [0.2, 0.25) is 0 Å². The third kappa shape index (κ3) is 4.30. The Morgan fingerprint density at radius 3 is 2.20 bits per heavy atom. The Bertz CT molecular complexity index is 547. The number of carbonyl (C=O) groups is 3. The summed E-state index contributed by atoms with van der Waals surface area (Å²) >= 11 is 0. The molecular formula is C12H13F2N3O3. The number of amides is 3. The predicted molar refractivity (Wildman–Crippen MR) is 65.2 cm³/mol. The van der Waals surface area contributed by atoms with Gasteiger partial charge in [0.05, 0.1) is 0 Å². The third-order valence-electron chi connectivity index (χ3n) is 2.10. The van der Waals surface area contributed by atoms with Crippen molar-refractivity contribution in [3.05, 3.63) is 35.4 Å². The molecule has 0 fully saturated rings. The van der Waals surface area contributed by atoms with E-state index in [1.165, 1.54) is 0 Å². The molecule has 0 aliphatic carbocycles. The van der Waals surface area contributed by atoms with Crippen LogP contribution in [0, 0.1) is 11.6 Å². The van der Waals surface area contributed by atoms with Crippen LogP contribution >= 0.6 is 0 Å². The molecule has 0 radical (unpaired) electrons. The van der Waals surface area contributed by atoms with Crippen LogP contribution in [-0.4, -0.2) is 23.8 Å². The first-order chi connectivity index (χ1) is 9.31. The Morgan fingerprint density at radius 2 is 1.65 bits per heavy atom. The summed E-state index contributed by atoms with van der Waals surface area (Å²) in [6.07, 6.45) is 0. The minimum atomic E-state index is -1.19. The lowest BCUT2D eigenvalue weighted by Crippen LogP contribution is -2.49. The van der Waals surface area contributed by atoms with Gasteiger partial charge in [-0.05, 0) is 32.0 Å². The maximum absolute atomic E-state index is 12.9. The summed E-state index contributed by atoms with van der Waals surface area (Å²) in [6, 6.07) is 2.24. The van der Waals surface area contributed by atoms with E-state index in [0.29, 0.717) is 6.07 Å². The fourth-order valence-corrected chi connectivity index (χ4v) is 1.21. The van der Waals surface area contributed by atoms with Crippen molar-refractivity contribution in [2.24, 2.45) is 0 Å². The van der Waals surface area contributed by atoms with Crippen molar-refractivity contribution in [1.29, 1.82) is 0 Å². The zero-order valence-corrected chi connectivity index (χ0v) is 10.8. The van der Waals surface area contributed by atoms with Crippen molar-refractivity contribution in [3.8, 4) is 0 Å². The second-order valence-electron chi connectivity index (χ2n) is 4.17. The number of hydrazine groups is 1. The van der Waals surface area contributed by atoms with E-state index in [1.54, 1.807) is 13.8 Å². The second kappa shape index (κ2) is 6.60. The fourth-order valence-electron chi connectivity index (χ4n) is 1.21. The van der Waals surface area contributed by atoms with Crippen molar-refractivity contribution >= 4 is 17.7 Å². The number of nitrogens with one attached hydrogen (secondary N) is 3. The van der Waals surface area contributed by atoms with Crippen LogP contribution in [0.25, 0.3) is 0 Å². The van der Waals surface area contributed by atoms with Crippen molar-refractivity contribution in [2.75, 3.05) is 0 Å². The molecule has 0 atom stereocenters. The highest BCUT2D eigenvalue weighted by Crippen LogP contribution is 2.08. The van der Waals surface area contributed by atoms with Crippen LogP contribution in [0.5, 0.6) is 0 Å². The van der Waals surface area contributed by atoms with Crippen LogP contribution < -0.4 is 16.2 Å². The Kier molecular flexibility index (Phi) is 5.13. The third-order valence-corrected chi connectivity index (χ3v) is 2.10. The molecule has 0 saturated carbocycles. The van der Waals surface area contributed by atoms with Gasteiger partial charge in [0.1, 0.15) is 0 Å². The van der Waals surface area contributed by atoms with Gasteiger partial charge >= 0.3 is 11.8 Å². The molecule has 6 nitrogen and oxygen atoms in total. The van der Waals surface area contributed by atoms with Crippen molar-refractivity contribution in [2.45, 2.75) is 19.9 Å². The standard InChI is InChI=1S/C12H13F2N3O3/c1-6(2)15-11(19)12(20)17-16-10(18)7-3-4-8(13)9(14)5-7/h3-6H,1-2H3,(H,15,19)(H,16,18)(H,17,20). The molecule has 0 aliphatic rings. The maximum atomic E-state index is 12.9. The zero-order valence-electron chi connectivity index (χ0n) is 10.8. The van der Waals surface area contributed by atoms with Gasteiger partial charge in [-0.15, -0.1) is 0 Å². The predicted octanol–water partition coefficient (Wildman–Crippen LogP) is 0.250. The highest BCUT2D eigenvalue weighted by atomic mass is 19.2. The molecule has 1 rings (SSSR count). The van der Waals surface area contributed by atoms with Crippen molar-refractivity contribution in [1.82, 2.24) is 16.2 Å². The van der Waals surface area contributed by atoms with Gasteiger partial charge in [0, 0.05) is 11.6 Å². The summed E-state index contributed by atoms with van der Waals surface area (Å²) in [5.74, 6) is -5.17. The zero-order chi connectivity index (χ0) is 15.3. The van der Waals surface area contributed by atoms with E-state index in [-0.39, 0.29) is 11.6 Å². The number of hydrogen-bond acceptors (Lipinski definition) is 3. The van der Waals surface area contributed by atoms with Gasteiger partial charge in [-0.2, -0.15) is 0 Å².